The number of hydrogen-bond acceptors (Lipinski definition) is 4. The van der Waals surface area contributed by atoms with Crippen LogP contribution >= 0.6 is 0 Å². The van der Waals surface area contributed by atoms with E-state index in [4.69, 9.17) is 11.5 Å². The molecule has 0 aromatic heterocycles. The Morgan fingerprint density at radius 3 is 0.773 bits per heavy atom. The van der Waals surface area contributed by atoms with E-state index in [1.807, 2.05) is 109 Å². The molecule has 0 aliphatic carbocycles. The summed E-state index contributed by atoms with van der Waals surface area (Å²) in [6.45, 7) is 17.4. The Balaban J connectivity index is 0. The molecule has 0 atom stereocenters. The van der Waals surface area contributed by atoms with Crippen molar-refractivity contribution in [2.24, 2.45) is 0 Å². The summed E-state index contributed by atoms with van der Waals surface area (Å²) in [6.07, 6.45) is 10.6. The average Bonchev–Trinajstić information content (AvgIpc) is 3.09. The Labute approximate surface area is 271 Å². The van der Waals surface area contributed by atoms with E-state index in [-0.39, 0.29) is 0 Å². The Morgan fingerprint density at radius 1 is 0.341 bits per heavy atom. The summed E-state index contributed by atoms with van der Waals surface area (Å²) >= 11 is 0. The SMILES string of the molecule is CCCC.CCCC.CCCC.CCCC.Nc1ccc(-c2ccc(N)cc2)cc1.c1ccc(NNc2ccccc2)cc1. The molecule has 0 unspecified atom stereocenters. The van der Waals surface area contributed by atoms with E-state index in [9.17, 15) is 0 Å². The van der Waals surface area contributed by atoms with Crippen LogP contribution in [0.4, 0.5) is 22.7 Å². The molecule has 4 nitrogen and oxygen atoms in total. The van der Waals surface area contributed by atoms with Crippen LogP contribution in [0.5, 0.6) is 0 Å². The van der Waals surface area contributed by atoms with Crippen LogP contribution in [0.25, 0.3) is 11.1 Å². The fraction of sp³-hybridized carbons (Fsp3) is 0.400. The zero-order valence-corrected chi connectivity index (χ0v) is 29.2. The molecule has 4 heteroatoms. The van der Waals surface area contributed by atoms with Crippen LogP contribution < -0.4 is 22.3 Å². The molecular formula is C40H64N4. The highest BCUT2D eigenvalue weighted by molar-refractivity contribution is 5.67. The van der Waals surface area contributed by atoms with Gasteiger partial charge in [-0.3, -0.25) is 0 Å². The molecule has 6 N–H and O–H groups in total. The first-order valence-electron chi connectivity index (χ1n) is 16.7. The number of rotatable bonds is 8. The normalized spacial score (nSPS) is 8.91. The van der Waals surface area contributed by atoms with Gasteiger partial charge in [0, 0.05) is 11.4 Å². The third-order valence-corrected chi connectivity index (χ3v) is 6.05. The van der Waals surface area contributed by atoms with Crippen molar-refractivity contribution in [2.75, 3.05) is 22.3 Å². The summed E-state index contributed by atoms with van der Waals surface area (Å²) in [6, 6.07) is 35.6. The second kappa shape index (κ2) is 32.0. The van der Waals surface area contributed by atoms with Crippen molar-refractivity contribution < 1.29 is 0 Å². The van der Waals surface area contributed by atoms with Crippen molar-refractivity contribution >= 4 is 22.7 Å². The summed E-state index contributed by atoms with van der Waals surface area (Å²) in [5.74, 6) is 0. The van der Waals surface area contributed by atoms with Gasteiger partial charge in [0.15, 0.2) is 0 Å². The molecule has 0 saturated carbocycles. The van der Waals surface area contributed by atoms with Crippen LogP contribution in [-0.4, -0.2) is 0 Å². The molecule has 0 aliphatic heterocycles. The zero-order valence-electron chi connectivity index (χ0n) is 29.2. The van der Waals surface area contributed by atoms with Crippen LogP contribution in [0.15, 0.2) is 109 Å². The predicted molar refractivity (Wildman–Crippen MR) is 203 cm³/mol. The lowest BCUT2D eigenvalue weighted by molar-refractivity contribution is 0.886. The lowest BCUT2D eigenvalue weighted by Crippen LogP contribution is -2.07. The second-order valence-electron chi connectivity index (χ2n) is 10.2. The molecular weight excluding hydrogens is 536 g/mol. The van der Waals surface area contributed by atoms with E-state index in [0.29, 0.717) is 0 Å². The topological polar surface area (TPSA) is 76.1 Å². The summed E-state index contributed by atoms with van der Waals surface area (Å²) in [5.41, 5.74) is 23.4. The molecule has 0 amide bonds. The quantitative estimate of drug-likeness (QED) is 0.120. The van der Waals surface area contributed by atoms with Crippen molar-refractivity contribution in [3.8, 4) is 11.1 Å². The fourth-order valence-corrected chi connectivity index (χ4v) is 2.54. The average molecular weight is 601 g/mol. The second-order valence-corrected chi connectivity index (χ2v) is 10.2. The monoisotopic (exact) mass is 601 g/mol. The largest absolute Gasteiger partial charge is 0.399 e. The third kappa shape index (κ3) is 25.8. The first-order chi connectivity index (χ1) is 21.4. The summed E-state index contributed by atoms with van der Waals surface area (Å²) in [4.78, 5) is 0. The van der Waals surface area contributed by atoms with E-state index in [1.54, 1.807) is 0 Å². The highest BCUT2D eigenvalue weighted by Gasteiger charge is 1.96. The minimum Gasteiger partial charge on any atom is -0.399 e. The number of nitrogens with two attached hydrogens (primary N) is 2. The van der Waals surface area contributed by atoms with Crippen LogP contribution in [-0.2, 0) is 0 Å². The Kier molecular flexibility index (Phi) is 30.7. The van der Waals surface area contributed by atoms with E-state index < -0.39 is 0 Å². The van der Waals surface area contributed by atoms with Crippen molar-refractivity contribution in [3.05, 3.63) is 109 Å². The Morgan fingerprint density at radius 2 is 0.568 bits per heavy atom. The number of para-hydroxylation sites is 2. The molecule has 0 saturated heterocycles. The van der Waals surface area contributed by atoms with Gasteiger partial charge in [-0.2, -0.15) is 0 Å². The Hall–Kier alpha value is -3.92. The van der Waals surface area contributed by atoms with E-state index in [2.05, 4.69) is 66.2 Å². The van der Waals surface area contributed by atoms with Gasteiger partial charge >= 0.3 is 0 Å². The Bertz CT molecular complexity index is 973. The minimum atomic E-state index is 0.782. The molecule has 244 valence electrons. The van der Waals surface area contributed by atoms with E-state index in [1.165, 1.54) is 51.4 Å². The molecule has 0 heterocycles. The van der Waals surface area contributed by atoms with Gasteiger partial charge in [0.1, 0.15) is 0 Å². The first kappa shape index (κ1) is 42.2. The van der Waals surface area contributed by atoms with Crippen LogP contribution in [0, 0.1) is 0 Å². The summed E-state index contributed by atoms with van der Waals surface area (Å²) < 4.78 is 0. The third-order valence-electron chi connectivity index (χ3n) is 6.05. The summed E-state index contributed by atoms with van der Waals surface area (Å²) in [5, 5.41) is 0. The zero-order chi connectivity index (χ0) is 33.3. The molecule has 0 aliphatic rings. The lowest BCUT2D eigenvalue weighted by atomic mass is 10.1. The maximum atomic E-state index is 5.61. The van der Waals surface area contributed by atoms with Gasteiger partial charge < -0.3 is 22.3 Å². The molecule has 0 fully saturated rings. The van der Waals surface area contributed by atoms with Gasteiger partial charge in [0.25, 0.3) is 0 Å². The van der Waals surface area contributed by atoms with Crippen LogP contribution in [0.2, 0.25) is 0 Å². The van der Waals surface area contributed by atoms with Gasteiger partial charge in [-0.1, -0.05) is 167 Å². The number of nitrogens with one attached hydrogen (secondary N) is 2. The molecule has 44 heavy (non-hydrogen) atoms. The maximum Gasteiger partial charge on any atom is 0.0539 e. The van der Waals surface area contributed by atoms with E-state index in [0.717, 1.165) is 33.9 Å². The molecule has 4 aromatic rings. The number of hydrogen-bond donors (Lipinski definition) is 4. The van der Waals surface area contributed by atoms with Gasteiger partial charge in [-0.15, -0.1) is 0 Å². The van der Waals surface area contributed by atoms with E-state index >= 15 is 0 Å². The van der Waals surface area contributed by atoms with Crippen molar-refractivity contribution in [2.45, 2.75) is 107 Å². The van der Waals surface area contributed by atoms with Gasteiger partial charge in [-0.25, -0.2) is 0 Å². The number of benzene rings is 4. The molecule has 4 aromatic carbocycles. The highest BCUT2D eigenvalue weighted by Crippen LogP contribution is 2.21. The van der Waals surface area contributed by atoms with Gasteiger partial charge in [0.05, 0.1) is 11.4 Å². The van der Waals surface area contributed by atoms with Gasteiger partial charge in [-0.05, 0) is 59.7 Å². The molecule has 0 bridgehead atoms. The fourth-order valence-electron chi connectivity index (χ4n) is 2.54. The molecule has 4 rings (SSSR count). The van der Waals surface area contributed by atoms with Gasteiger partial charge in [0.2, 0.25) is 0 Å². The van der Waals surface area contributed by atoms with Crippen molar-refractivity contribution in [3.63, 3.8) is 0 Å². The number of hydrazine groups is 1. The molecule has 0 spiro atoms. The number of anilines is 4. The van der Waals surface area contributed by atoms with Crippen LogP contribution in [0.1, 0.15) is 107 Å². The first-order valence-corrected chi connectivity index (χ1v) is 16.7. The van der Waals surface area contributed by atoms with Crippen molar-refractivity contribution in [1.29, 1.82) is 0 Å². The standard InChI is InChI=1S/2C12H12N2.4C4H10/c13-11-5-1-9(2-6-11)10-3-7-12(14)8-4-10;1-3-7-11(8-4-1)13-14-12-9-5-2-6-10-12;4*1-3-4-2/h1-8H,13-14H2;1-10,13-14H;4*3-4H2,1-2H3. The summed E-state index contributed by atoms with van der Waals surface area (Å²) in [7, 11) is 0. The van der Waals surface area contributed by atoms with Crippen LogP contribution in [0.3, 0.4) is 0 Å². The predicted octanol–water partition coefficient (Wildman–Crippen LogP) is 12.9. The minimum absolute atomic E-state index is 0.782. The number of unbranched alkanes of at least 4 members (excludes halogenated alkanes) is 4. The molecule has 0 radical (unpaired) electrons. The smallest absolute Gasteiger partial charge is 0.0539 e. The maximum absolute atomic E-state index is 5.61. The highest BCUT2D eigenvalue weighted by atomic mass is 15.4. The lowest BCUT2D eigenvalue weighted by Gasteiger charge is -2.08. The van der Waals surface area contributed by atoms with Crippen molar-refractivity contribution in [1.82, 2.24) is 0 Å². The number of nitrogen functional groups attached to an aromatic ring is 2.